The van der Waals surface area contributed by atoms with Crippen LogP contribution in [-0.4, -0.2) is 0 Å². The van der Waals surface area contributed by atoms with Gasteiger partial charge in [-0.1, -0.05) is 255 Å². The van der Waals surface area contributed by atoms with Crippen LogP contribution in [0.15, 0.2) is 255 Å². The summed E-state index contributed by atoms with van der Waals surface area (Å²) in [7, 11) is -11.5. The molecule has 3 unspecified atom stereocenters. The molecule has 0 fully saturated rings. The van der Waals surface area contributed by atoms with E-state index in [9.17, 15) is 28.4 Å². The van der Waals surface area contributed by atoms with Gasteiger partial charge in [0.2, 0.25) is 0 Å². The van der Waals surface area contributed by atoms with Crippen LogP contribution < -0.4 is 46.5 Å². The third-order valence-electron chi connectivity index (χ3n) is 10.9. The standard InChI is InChI=1S/3C19H17O2P.Ru/c3*20-22(21,18-12-5-2-6-13-18)19-14-8-7-11-17(19)15-16-9-3-1-4-10-16;/h3*1-14H,15H2,(H,20,21);/q;;;+3/p-3. The molecule has 1 radical (unpaired) electrons. The fourth-order valence-electron chi connectivity index (χ4n) is 7.58. The summed E-state index contributed by atoms with van der Waals surface area (Å²) >= 11 is 0. The molecule has 9 aromatic rings. The minimum atomic E-state index is -3.82. The van der Waals surface area contributed by atoms with Crippen LogP contribution >= 0.6 is 22.1 Å². The first kappa shape index (κ1) is 50.6. The van der Waals surface area contributed by atoms with Crippen LogP contribution in [0.25, 0.3) is 0 Å². The second kappa shape index (κ2) is 24.3. The summed E-state index contributed by atoms with van der Waals surface area (Å²) in [5, 5.41) is 2.29. The zero-order chi connectivity index (χ0) is 46.2. The first-order valence-electron chi connectivity index (χ1n) is 21.5. The molecular formula is C57H48O6P3Ru. The summed E-state index contributed by atoms with van der Waals surface area (Å²) in [4.78, 5) is 38.6. The molecule has 0 saturated carbocycles. The number of hydrogen-bond donors (Lipinski definition) is 0. The Morgan fingerprint density at radius 2 is 0.433 bits per heavy atom. The van der Waals surface area contributed by atoms with Crippen molar-refractivity contribution in [3.63, 3.8) is 0 Å². The molecule has 9 aromatic carbocycles. The van der Waals surface area contributed by atoms with Gasteiger partial charge in [-0.15, -0.1) is 0 Å². The van der Waals surface area contributed by atoms with Gasteiger partial charge >= 0.3 is 19.5 Å². The molecule has 10 heteroatoms. The molecule has 0 heterocycles. The number of benzene rings is 9. The van der Waals surface area contributed by atoms with Crippen molar-refractivity contribution in [1.82, 2.24) is 0 Å². The molecule has 0 aliphatic rings. The van der Waals surface area contributed by atoms with E-state index in [-0.39, 0.29) is 19.5 Å². The van der Waals surface area contributed by atoms with Gasteiger partial charge in [0.25, 0.3) is 0 Å². The SMILES string of the molecule is O=P([O-])(c1ccccc1)c1ccccc1Cc1ccccc1.O=P([O-])(c1ccccc1)c1ccccc1Cc1ccccc1.O=P([O-])(c1ccccc1)c1ccccc1Cc1ccccc1.[Ru+3]. The predicted octanol–water partition coefficient (Wildman–Crippen LogP) is 8.60. The molecule has 0 saturated heterocycles. The summed E-state index contributed by atoms with van der Waals surface area (Å²) < 4.78 is 38.6. The third-order valence-corrected chi connectivity index (χ3v) is 17.1. The Morgan fingerprint density at radius 1 is 0.254 bits per heavy atom. The second-order valence-electron chi connectivity index (χ2n) is 15.5. The first-order chi connectivity index (χ1) is 32.0. The zero-order valence-corrected chi connectivity index (χ0v) is 40.9. The van der Waals surface area contributed by atoms with Crippen molar-refractivity contribution in [2.75, 3.05) is 0 Å². The van der Waals surface area contributed by atoms with Gasteiger partial charge in [-0.2, -0.15) is 0 Å². The average molecular weight is 1020 g/mol. The van der Waals surface area contributed by atoms with Crippen LogP contribution in [0.3, 0.4) is 0 Å². The fraction of sp³-hybridized carbons (Fsp3) is 0.0526. The van der Waals surface area contributed by atoms with E-state index >= 15 is 0 Å². The molecule has 0 amide bonds. The maximum atomic E-state index is 12.9. The van der Waals surface area contributed by atoms with E-state index in [1.807, 2.05) is 146 Å². The summed E-state index contributed by atoms with van der Waals surface area (Å²) in [6.45, 7) is 0. The summed E-state index contributed by atoms with van der Waals surface area (Å²) in [6.07, 6.45) is 1.82. The molecule has 0 N–H and O–H groups in total. The van der Waals surface area contributed by atoms with Gasteiger partial charge in [0.1, 0.15) is 0 Å². The quantitative estimate of drug-likeness (QED) is 0.0894. The van der Waals surface area contributed by atoms with E-state index in [1.54, 1.807) is 109 Å². The third kappa shape index (κ3) is 13.4. The molecule has 335 valence electrons. The van der Waals surface area contributed by atoms with Gasteiger partial charge in [-0.05, 0) is 52.6 Å². The van der Waals surface area contributed by atoms with Gasteiger partial charge in [0.15, 0.2) is 0 Å². The Balaban J connectivity index is 0.000000165. The van der Waals surface area contributed by atoms with Crippen LogP contribution in [0.1, 0.15) is 33.4 Å². The van der Waals surface area contributed by atoms with Crippen molar-refractivity contribution < 1.29 is 47.9 Å². The molecule has 0 bridgehead atoms. The van der Waals surface area contributed by atoms with Crippen molar-refractivity contribution in [3.8, 4) is 0 Å². The van der Waals surface area contributed by atoms with Gasteiger partial charge in [0, 0.05) is 31.8 Å². The first-order valence-corrected chi connectivity index (χ1v) is 26.4. The largest absolute Gasteiger partial charge is 3.00 e. The van der Waals surface area contributed by atoms with Gasteiger partial charge < -0.3 is 28.4 Å². The number of hydrogen-bond acceptors (Lipinski definition) is 6. The molecule has 9 rings (SSSR count). The van der Waals surface area contributed by atoms with Crippen molar-refractivity contribution in [2.24, 2.45) is 0 Å². The molecule has 0 spiro atoms. The molecule has 0 aromatic heterocycles. The minimum absolute atomic E-state index is 0. The molecule has 3 atom stereocenters. The molecule has 0 aliphatic carbocycles. The van der Waals surface area contributed by atoms with Crippen molar-refractivity contribution in [3.05, 3.63) is 288 Å². The monoisotopic (exact) mass is 1020 g/mol. The molecule has 0 aliphatic heterocycles. The Bertz CT molecular complexity index is 2740. The maximum absolute atomic E-state index is 12.9. The summed E-state index contributed by atoms with van der Waals surface area (Å²) in [6, 6.07) is 77.2. The Hall–Kier alpha value is -5.83. The predicted molar refractivity (Wildman–Crippen MR) is 267 cm³/mol. The van der Waals surface area contributed by atoms with Gasteiger partial charge in [-0.3, -0.25) is 0 Å². The Kier molecular flexibility index (Phi) is 18.3. The second-order valence-corrected chi connectivity index (χ2v) is 21.8. The van der Waals surface area contributed by atoms with Crippen molar-refractivity contribution in [1.29, 1.82) is 0 Å². The van der Waals surface area contributed by atoms with E-state index in [4.69, 9.17) is 0 Å². The fourth-order valence-corrected chi connectivity index (χ4v) is 12.6. The Morgan fingerprint density at radius 3 is 0.657 bits per heavy atom. The van der Waals surface area contributed by atoms with Crippen LogP contribution in [0, 0.1) is 0 Å². The smallest absolute Gasteiger partial charge is 0.793 e. The Labute approximate surface area is 406 Å². The molecule has 6 nitrogen and oxygen atoms in total. The topological polar surface area (TPSA) is 120 Å². The van der Waals surface area contributed by atoms with Crippen molar-refractivity contribution >= 4 is 53.9 Å². The van der Waals surface area contributed by atoms with Crippen LogP contribution in [0.4, 0.5) is 0 Å². The van der Waals surface area contributed by atoms with E-state index in [2.05, 4.69) is 0 Å². The van der Waals surface area contributed by atoms with Crippen LogP contribution in [0.2, 0.25) is 0 Å². The number of rotatable bonds is 12. The van der Waals surface area contributed by atoms with Crippen molar-refractivity contribution in [2.45, 2.75) is 19.3 Å². The molecule has 67 heavy (non-hydrogen) atoms. The van der Waals surface area contributed by atoms with E-state index in [0.29, 0.717) is 51.1 Å². The summed E-state index contributed by atoms with van der Waals surface area (Å²) in [5.74, 6) is 0. The van der Waals surface area contributed by atoms with E-state index in [0.717, 1.165) is 33.4 Å². The average Bonchev–Trinajstić information content (AvgIpc) is 3.36. The van der Waals surface area contributed by atoms with Crippen LogP contribution in [0.5, 0.6) is 0 Å². The normalized spacial score (nSPS) is 13.3. The van der Waals surface area contributed by atoms with Gasteiger partial charge in [0.05, 0.1) is 22.1 Å². The minimum Gasteiger partial charge on any atom is -0.793 e. The van der Waals surface area contributed by atoms with E-state index < -0.39 is 22.1 Å². The van der Waals surface area contributed by atoms with E-state index in [1.165, 1.54) is 0 Å². The maximum Gasteiger partial charge on any atom is 3.00 e. The molecular weight excluding hydrogens is 975 g/mol. The summed E-state index contributed by atoms with van der Waals surface area (Å²) in [5.41, 5.74) is 5.79. The zero-order valence-electron chi connectivity index (χ0n) is 36.5. The van der Waals surface area contributed by atoms with Gasteiger partial charge in [-0.25, -0.2) is 0 Å². The van der Waals surface area contributed by atoms with Crippen LogP contribution in [-0.2, 0) is 52.4 Å².